The molecule has 1 nitrogen and oxygen atoms in total. The molecule has 0 radical (unpaired) electrons. The Morgan fingerprint density at radius 2 is 1.93 bits per heavy atom. The SMILES string of the molecule is CC1(C)CCC[Si](C)(CCC(F)(F)F)O1. The van der Waals surface area contributed by atoms with Crippen molar-refractivity contribution in [2.75, 3.05) is 0 Å². The standard InChI is InChI=1S/C10H19F3OSi/c1-9(2)5-4-7-15(3,14-9)8-6-10(11,12)13/h4-8H2,1-3H3. The average Bonchev–Trinajstić information content (AvgIpc) is 1.97. The first-order chi connectivity index (χ1) is 6.62. The van der Waals surface area contributed by atoms with Crippen molar-refractivity contribution in [1.29, 1.82) is 0 Å². The summed E-state index contributed by atoms with van der Waals surface area (Å²) in [6.45, 7) is 5.88. The van der Waals surface area contributed by atoms with E-state index in [2.05, 4.69) is 0 Å². The highest BCUT2D eigenvalue weighted by Crippen LogP contribution is 2.38. The van der Waals surface area contributed by atoms with E-state index >= 15 is 0 Å². The first-order valence-electron chi connectivity index (χ1n) is 5.39. The number of hydrogen-bond donors (Lipinski definition) is 0. The predicted molar refractivity (Wildman–Crippen MR) is 56.3 cm³/mol. The molecular weight excluding hydrogens is 221 g/mol. The van der Waals surface area contributed by atoms with Crippen LogP contribution < -0.4 is 0 Å². The lowest BCUT2D eigenvalue weighted by molar-refractivity contribution is -0.131. The van der Waals surface area contributed by atoms with Crippen LogP contribution in [0.2, 0.25) is 18.6 Å². The van der Waals surface area contributed by atoms with Gasteiger partial charge in [-0.15, -0.1) is 0 Å². The van der Waals surface area contributed by atoms with Gasteiger partial charge in [0.25, 0.3) is 0 Å². The summed E-state index contributed by atoms with van der Waals surface area (Å²) in [7, 11) is -2.10. The summed E-state index contributed by atoms with van der Waals surface area (Å²) in [6, 6.07) is 1.08. The Kier molecular flexibility index (Phi) is 3.55. The number of hydrogen-bond acceptors (Lipinski definition) is 1. The molecule has 0 bridgehead atoms. The molecule has 0 aromatic rings. The number of alkyl halides is 3. The van der Waals surface area contributed by atoms with Crippen molar-refractivity contribution in [3.63, 3.8) is 0 Å². The van der Waals surface area contributed by atoms with Gasteiger partial charge >= 0.3 is 6.18 Å². The second-order valence-electron chi connectivity index (χ2n) is 5.28. The van der Waals surface area contributed by atoms with Crippen LogP contribution in [0.5, 0.6) is 0 Å². The van der Waals surface area contributed by atoms with Gasteiger partial charge in [0.2, 0.25) is 0 Å². The first-order valence-corrected chi connectivity index (χ1v) is 8.21. The highest BCUT2D eigenvalue weighted by molar-refractivity contribution is 6.72. The third kappa shape index (κ3) is 4.55. The van der Waals surface area contributed by atoms with Gasteiger partial charge in [-0.05, 0) is 38.9 Å². The summed E-state index contributed by atoms with van der Waals surface area (Å²) in [5.74, 6) is 0. The lowest BCUT2D eigenvalue weighted by atomic mass is 10.0. The van der Waals surface area contributed by atoms with E-state index in [-0.39, 0.29) is 11.6 Å². The Hall–Kier alpha value is -0.0331. The maximum absolute atomic E-state index is 12.1. The zero-order valence-electron chi connectivity index (χ0n) is 9.58. The van der Waals surface area contributed by atoms with Crippen molar-refractivity contribution in [3.05, 3.63) is 0 Å². The van der Waals surface area contributed by atoms with Gasteiger partial charge in [0.05, 0.1) is 5.60 Å². The van der Waals surface area contributed by atoms with Crippen molar-refractivity contribution < 1.29 is 17.6 Å². The van der Waals surface area contributed by atoms with Crippen molar-refractivity contribution >= 4 is 8.32 Å². The molecule has 0 aromatic heterocycles. The number of halogens is 3. The zero-order valence-corrected chi connectivity index (χ0v) is 10.6. The summed E-state index contributed by atoms with van der Waals surface area (Å²) in [5, 5.41) is 0. The molecule has 0 saturated carbocycles. The van der Waals surface area contributed by atoms with Crippen LogP contribution in [0.15, 0.2) is 0 Å². The molecule has 0 aliphatic carbocycles. The van der Waals surface area contributed by atoms with Crippen LogP contribution in [0.1, 0.15) is 33.1 Å². The molecular formula is C10H19F3OSi. The van der Waals surface area contributed by atoms with Gasteiger partial charge in [-0.2, -0.15) is 13.2 Å². The van der Waals surface area contributed by atoms with Crippen molar-refractivity contribution in [2.45, 2.75) is 63.5 Å². The Bertz CT molecular complexity index is 227. The Morgan fingerprint density at radius 3 is 2.40 bits per heavy atom. The van der Waals surface area contributed by atoms with E-state index in [1.807, 2.05) is 20.4 Å². The maximum atomic E-state index is 12.1. The highest BCUT2D eigenvalue weighted by atomic mass is 28.4. The molecule has 1 aliphatic rings. The van der Waals surface area contributed by atoms with Crippen LogP contribution in [0.3, 0.4) is 0 Å². The van der Waals surface area contributed by atoms with Crippen molar-refractivity contribution in [1.82, 2.24) is 0 Å². The number of rotatable bonds is 2. The van der Waals surface area contributed by atoms with Crippen LogP contribution in [0, 0.1) is 0 Å². The van der Waals surface area contributed by atoms with Gasteiger partial charge < -0.3 is 4.43 Å². The van der Waals surface area contributed by atoms with Gasteiger partial charge in [0.1, 0.15) is 0 Å². The lowest BCUT2D eigenvalue weighted by Gasteiger charge is -2.42. The minimum absolute atomic E-state index is 0.208. The topological polar surface area (TPSA) is 9.23 Å². The lowest BCUT2D eigenvalue weighted by Crippen LogP contribution is -2.47. The van der Waals surface area contributed by atoms with Crippen LogP contribution in [0.4, 0.5) is 13.2 Å². The molecule has 1 unspecified atom stereocenters. The van der Waals surface area contributed by atoms with Crippen LogP contribution in [0.25, 0.3) is 0 Å². The van der Waals surface area contributed by atoms with E-state index in [9.17, 15) is 13.2 Å². The molecule has 1 rings (SSSR count). The van der Waals surface area contributed by atoms with Gasteiger partial charge in [-0.1, -0.05) is 6.42 Å². The van der Waals surface area contributed by atoms with Crippen LogP contribution in [-0.4, -0.2) is 20.1 Å². The molecule has 5 heteroatoms. The quantitative estimate of drug-likeness (QED) is 0.660. The largest absolute Gasteiger partial charge is 0.412 e. The smallest absolute Gasteiger partial charge is 0.388 e. The zero-order chi connectivity index (χ0) is 11.7. The van der Waals surface area contributed by atoms with E-state index in [1.54, 1.807) is 0 Å². The fourth-order valence-electron chi connectivity index (χ4n) is 2.24. The summed E-state index contributed by atoms with van der Waals surface area (Å²) < 4.78 is 42.3. The molecule has 0 amide bonds. The third-order valence-electron chi connectivity index (χ3n) is 2.94. The summed E-state index contributed by atoms with van der Waals surface area (Å²) in [4.78, 5) is 0. The second-order valence-corrected chi connectivity index (χ2v) is 9.38. The fraction of sp³-hybridized carbons (Fsp3) is 1.00. The Balaban J connectivity index is 2.51. The molecule has 1 aliphatic heterocycles. The summed E-state index contributed by atoms with van der Waals surface area (Å²) in [6.07, 6.45) is -2.76. The van der Waals surface area contributed by atoms with Crippen LogP contribution >= 0.6 is 0 Å². The summed E-state index contributed by atoms with van der Waals surface area (Å²) >= 11 is 0. The normalized spacial score (nSPS) is 31.6. The fourth-order valence-corrected chi connectivity index (χ4v) is 5.87. The monoisotopic (exact) mass is 240 g/mol. The minimum Gasteiger partial charge on any atom is -0.412 e. The van der Waals surface area contributed by atoms with E-state index in [1.165, 1.54) is 0 Å². The molecule has 15 heavy (non-hydrogen) atoms. The molecule has 0 spiro atoms. The van der Waals surface area contributed by atoms with Crippen molar-refractivity contribution in [2.24, 2.45) is 0 Å². The van der Waals surface area contributed by atoms with Gasteiger partial charge in [0, 0.05) is 6.42 Å². The Morgan fingerprint density at radius 1 is 1.33 bits per heavy atom. The van der Waals surface area contributed by atoms with E-state index in [4.69, 9.17) is 4.43 Å². The van der Waals surface area contributed by atoms with Gasteiger partial charge in [-0.25, -0.2) is 0 Å². The van der Waals surface area contributed by atoms with Gasteiger partial charge in [0.15, 0.2) is 8.32 Å². The van der Waals surface area contributed by atoms with E-state index < -0.39 is 20.9 Å². The average molecular weight is 240 g/mol. The van der Waals surface area contributed by atoms with Crippen molar-refractivity contribution in [3.8, 4) is 0 Å². The van der Waals surface area contributed by atoms with E-state index in [0.717, 1.165) is 18.9 Å². The predicted octanol–water partition coefficient (Wildman–Crippen LogP) is 4.10. The van der Waals surface area contributed by atoms with Gasteiger partial charge in [-0.3, -0.25) is 0 Å². The summed E-state index contributed by atoms with van der Waals surface area (Å²) in [5.41, 5.74) is -0.217. The molecule has 1 heterocycles. The molecule has 0 aromatic carbocycles. The molecule has 1 atom stereocenters. The third-order valence-corrected chi connectivity index (χ3v) is 6.71. The molecule has 1 saturated heterocycles. The Labute approximate surface area is 90.1 Å². The molecule has 1 fully saturated rings. The van der Waals surface area contributed by atoms with E-state index in [0.29, 0.717) is 0 Å². The molecule has 0 N–H and O–H groups in total. The minimum atomic E-state index is -4.04. The van der Waals surface area contributed by atoms with Crippen LogP contribution in [-0.2, 0) is 4.43 Å². The maximum Gasteiger partial charge on any atom is 0.388 e. The highest BCUT2D eigenvalue weighted by Gasteiger charge is 2.42. The molecule has 90 valence electrons. The second kappa shape index (κ2) is 4.09. The first kappa shape index (κ1) is 13.0.